The first-order chi connectivity index (χ1) is 18.3. The Labute approximate surface area is 225 Å². The quantitative estimate of drug-likeness (QED) is 0.272. The van der Waals surface area contributed by atoms with E-state index >= 15 is 0 Å². The fourth-order valence-corrected chi connectivity index (χ4v) is 3.68. The number of ether oxygens (including phenoxy) is 5. The molecule has 0 atom stereocenters. The van der Waals surface area contributed by atoms with Crippen molar-refractivity contribution in [2.75, 3.05) is 58.0 Å². The Morgan fingerprint density at radius 2 is 1.66 bits per heavy atom. The van der Waals surface area contributed by atoms with E-state index in [2.05, 4.69) is 21.9 Å². The number of nitrogens with zero attached hydrogens (tertiary/aromatic N) is 3. The first-order valence-electron chi connectivity index (χ1n) is 13.0. The topological polar surface area (TPSA) is 104 Å². The van der Waals surface area contributed by atoms with Crippen LogP contribution in [-0.4, -0.2) is 79.3 Å². The number of amides is 1. The summed E-state index contributed by atoms with van der Waals surface area (Å²) in [7, 11) is 0. The average molecular weight is 529 g/mol. The number of nitrogens with one attached hydrogen (secondary N) is 1. The molecule has 1 N–H and O–H groups in total. The molecule has 1 aliphatic heterocycles. The van der Waals surface area contributed by atoms with E-state index in [1.807, 2.05) is 45.0 Å². The number of carbonyl (C=O) groups is 1. The second kappa shape index (κ2) is 15.1. The van der Waals surface area contributed by atoms with Gasteiger partial charge in [0.1, 0.15) is 24.6 Å². The monoisotopic (exact) mass is 528 g/mol. The van der Waals surface area contributed by atoms with Gasteiger partial charge in [-0.05, 0) is 63.8 Å². The molecule has 0 bridgehead atoms. The highest BCUT2D eigenvalue weighted by atomic mass is 16.6. The summed E-state index contributed by atoms with van der Waals surface area (Å²) in [6.07, 6.45) is 6.63. The number of hydrogen-bond acceptors (Lipinski definition) is 9. The first-order valence-corrected chi connectivity index (χ1v) is 13.0. The predicted molar refractivity (Wildman–Crippen MR) is 145 cm³/mol. The maximum atomic E-state index is 12.1. The lowest BCUT2D eigenvalue weighted by atomic mass is 9.98. The van der Waals surface area contributed by atoms with Gasteiger partial charge in [-0.3, -0.25) is 0 Å². The zero-order chi connectivity index (χ0) is 27.2. The van der Waals surface area contributed by atoms with Crippen LogP contribution in [0.5, 0.6) is 11.8 Å². The van der Waals surface area contributed by atoms with Crippen LogP contribution in [0, 0.1) is 5.92 Å². The third-order valence-corrected chi connectivity index (χ3v) is 5.59. The molecule has 1 aliphatic rings. The molecule has 1 aromatic carbocycles. The average Bonchev–Trinajstić information content (AvgIpc) is 2.90. The molecule has 208 valence electrons. The van der Waals surface area contributed by atoms with Gasteiger partial charge in [0.05, 0.1) is 37.9 Å². The Kier molecular flexibility index (Phi) is 11.6. The van der Waals surface area contributed by atoms with Crippen molar-refractivity contribution in [1.29, 1.82) is 0 Å². The maximum Gasteiger partial charge on any atom is 0.410 e. The molecule has 0 saturated carbocycles. The summed E-state index contributed by atoms with van der Waals surface area (Å²) in [6.45, 7) is 13.6. The summed E-state index contributed by atoms with van der Waals surface area (Å²) in [6, 6.07) is 7.89. The van der Waals surface area contributed by atoms with Crippen LogP contribution in [0.1, 0.15) is 33.6 Å². The SMILES string of the molecule is C=CCOc1ccc(Nc2cnc(OCCOCCOCC3CCN(C(=O)OC(C)(C)C)CC3)nc2)cc1. The summed E-state index contributed by atoms with van der Waals surface area (Å²) in [4.78, 5) is 22.4. The van der Waals surface area contributed by atoms with Gasteiger partial charge in [-0.1, -0.05) is 12.7 Å². The standard InChI is InChI=1S/C28H40N4O6/c1-5-14-36-25-8-6-23(7-9-25)31-24-19-29-26(30-20-24)37-18-17-34-15-16-35-21-22-10-12-32(13-11-22)27(33)38-28(2,3)4/h5-9,19-20,22,31H,1,10-18,21H2,2-4H3. The number of likely N-dealkylation sites (tertiary alicyclic amines) is 1. The zero-order valence-corrected chi connectivity index (χ0v) is 22.7. The largest absolute Gasteiger partial charge is 0.490 e. The van der Waals surface area contributed by atoms with Gasteiger partial charge in [0.15, 0.2) is 0 Å². The molecule has 1 amide bonds. The molecule has 0 radical (unpaired) electrons. The molecule has 2 heterocycles. The van der Waals surface area contributed by atoms with Crippen molar-refractivity contribution >= 4 is 17.5 Å². The summed E-state index contributed by atoms with van der Waals surface area (Å²) in [5.74, 6) is 1.23. The lowest BCUT2D eigenvalue weighted by Gasteiger charge is -2.33. The van der Waals surface area contributed by atoms with Crippen LogP contribution < -0.4 is 14.8 Å². The van der Waals surface area contributed by atoms with Crippen LogP contribution in [0.25, 0.3) is 0 Å². The number of carbonyl (C=O) groups excluding carboxylic acids is 1. The Balaban J connectivity index is 1.20. The summed E-state index contributed by atoms with van der Waals surface area (Å²) in [5, 5.41) is 3.23. The number of benzene rings is 1. The second-order valence-electron chi connectivity index (χ2n) is 9.95. The molecule has 10 nitrogen and oxygen atoms in total. The molecule has 0 unspecified atom stereocenters. The minimum absolute atomic E-state index is 0.234. The van der Waals surface area contributed by atoms with E-state index in [0.717, 1.165) is 30.0 Å². The summed E-state index contributed by atoms with van der Waals surface area (Å²) in [5.41, 5.74) is 1.18. The molecule has 1 saturated heterocycles. The maximum absolute atomic E-state index is 12.1. The van der Waals surface area contributed by atoms with Crippen molar-refractivity contribution in [2.45, 2.75) is 39.2 Å². The van der Waals surface area contributed by atoms with E-state index in [9.17, 15) is 4.79 Å². The Bertz CT molecular complexity index is 970. The molecule has 2 aromatic rings. The molecular formula is C28H40N4O6. The van der Waals surface area contributed by atoms with Gasteiger partial charge in [0, 0.05) is 25.4 Å². The molecule has 0 aliphatic carbocycles. The molecule has 1 aromatic heterocycles. The minimum atomic E-state index is -0.465. The van der Waals surface area contributed by atoms with Gasteiger partial charge in [-0.25, -0.2) is 14.8 Å². The minimum Gasteiger partial charge on any atom is -0.490 e. The highest BCUT2D eigenvalue weighted by molar-refractivity contribution is 5.68. The number of aromatic nitrogens is 2. The van der Waals surface area contributed by atoms with Crippen molar-refractivity contribution in [3.05, 3.63) is 49.3 Å². The number of hydrogen-bond donors (Lipinski definition) is 1. The van der Waals surface area contributed by atoms with Crippen LogP contribution in [-0.2, 0) is 14.2 Å². The van der Waals surface area contributed by atoms with Crippen LogP contribution >= 0.6 is 0 Å². The van der Waals surface area contributed by atoms with E-state index < -0.39 is 5.60 Å². The highest BCUT2D eigenvalue weighted by Gasteiger charge is 2.26. The molecule has 10 heteroatoms. The third-order valence-electron chi connectivity index (χ3n) is 5.59. The van der Waals surface area contributed by atoms with Gasteiger partial charge >= 0.3 is 12.1 Å². The van der Waals surface area contributed by atoms with Crippen molar-refractivity contribution in [2.24, 2.45) is 5.92 Å². The lowest BCUT2D eigenvalue weighted by Crippen LogP contribution is -2.42. The van der Waals surface area contributed by atoms with Gasteiger partial charge < -0.3 is 33.9 Å². The van der Waals surface area contributed by atoms with Crippen LogP contribution in [0.3, 0.4) is 0 Å². The van der Waals surface area contributed by atoms with Gasteiger partial charge in [-0.2, -0.15) is 0 Å². The van der Waals surface area contributed by atoms with Crippen LogP contribution in [0.15, 0.2) is 49.3 Å². The Hall–Kier alpha value is -3.37. The van der Waals surface area contributed by atoms with E-state index in [1.165, 1.54) is 0 Å². The molecular weight excluding hydrogens is 488 g/mol. The van der Waals surface area contributed by atoms with Gasteiger partial charge in [0.2, 0.25) is 0 Å². The first kappa shape index (κ1) is 29.2. The number of anilines is 2. The van der Waals surface area contributed by atoms with E-state index in [4.69, 9.17) is 23.7 Å². The fourth-order valence-electron chi connectivity index (χ4n) is 3.68. The van der Waals surface area contributed by atoms with E-state index in [0.29, 0.717) is 64.7 Å². The van der Waals surface area contributed by atoms with Crippen molar-refractivity contribution in [3.63, 3.8) is 0 Å². The van der Waals surface area contributed by atoms with Crippen LogP contribution in [0.2, 0.25) is 0 Å². The molecule has 1 fully saturated rings. The zero-order valence-electron chi connectivity index (χ0n) is 22.7. The van der Waals surface area contributed by atoms with Crippen molar-refractivity contribution < 1.29 is 28.5 Å². The predicted octanol–water partition coefficient (Wildman–Crippen LogP) is 4.84. The molecule has 0 spiro atoms. The fraction of sp³-hybridized carbons (Fsp3) is 0.536. The lowest BCUT2D eigenvalue weighted by molar-refractivity contribution is 0.00175. The summed E-state index contributed by atoms with van der Waals surface area (Å²) < 4.78 is 27.8. The number of rotatable bonds is 14. The number of piperidine rings is 1. The van der Waals surface area contributed by atoms with Crippen molar-refractivity contribution in [1.82, 2.24) is 14.9 Å². The van der Waals surface area contributed by atoms with Gasteiger partial charge in [0.25, 0.3) is 0 Å². The molecule has 3 rings (SSSR count). The van der Waals surface area contributed by atoms with E-state index in [1.54, 1.807) is 23.4 Å². The highest BCUT2D eigenvalue weighted by Crippen LogP contribution is 2.21. The normalized spacial score (nSPS) is 14.1. The molecule has 38 heavy (non-hydrogen) atoms. The Morgan fingerprint density at radius 1 is 1.00 bits per heavy atom. The van der Waals surface area contributed by atoms with Crippen LogP contribution in [0.4, 0.5) is 16.2 Å². The summed E-state index contributed by atoms with van der Waals surface area (Å²) >= 11 is 0. The van der Waals surface area contributed by atoms with E-state index in [-0.39, 0.29) is 6.09 Å². The Morgan fingerprint density at radius 3 is 2.32 bits per heavy atom. The van der Waals surface area contributed by atoms with Gasteiger partial charge in [-0.15, -0.1) is 0 Å². The smallest absolute Gasteiger partial charge is 0.410 e. The second-order valence-corrected chi connectivity index (χ2v) is 9.95. The van der Waals surface area contributed by atoms with Crippen molar-refractivity contribution in [3.8, 4) is 11.8 Å². The third kappa shape index (κ3) is 10.9.